The van der Waals surface area contributed by atoms with Gasteiger partial charge in [0, 0.05) is 24.2 Å². The number of piperazine rings is 1. The number of hydrogen-bond acceptors (Lipinski definition) is 2. The monoisotopic (exact) mass is 242 g/mol. The quantitative estimate of drug-likeness (QED) is 0.765. The molecule has 0 aliphatic carbocycles. The summed E-state index contributed by atoms with van der Waals surface area (Å²) in [5.41, 5.74) is 0.316. The van der Waals surface area contributed by atoms with Crippen LogP contribution in [0.3, 0.4) is 0 Å². The molecule has 0 saturated carbocycles. The summed E-state index contributed by atoms with van der Waals surface area (Å²) in [5, 5.41) is 3.74. The van der Waals surface area contributed by atoms with Crippen molar-refractivity contribution in [1.82, 2.24) is 9.88 Å². The van der Waals surface area contributed by atoms with Crippen LogP contribution in [-0.2, 0) is 0 Å². The lowest BCUT2D eigenvalue weighted by Gasteiger charge is -2.57. The molecule has 1 fully saturated rings. The molecule has 0 aromatic carbocycles. The number of nitrogens with one attached hydrogen (secondary N) is 1. The predicted molar refractivity (Wildman–Crippen MR) is 75.4 cm³/mol. The molecule has 0 radical (unpaired) electrons. The van der Waals surface area contributed by atoms with E-state index in [1.807, 2.05) is 0 Å². The Morgan fingerprint density at radius 1 is 1.19 bits per heavy atom. The molecular weight excluding hydrogens is 212 g/mol. The normalized spacial score (nSPS) is 31.7. The highest BCUT2D eigenvalue weighted by Crippen LogP contribution is 2.32. The van der Waals surface area contributed by atoms with Crippen LogP contribution in [0.5, 0.6) is 0 Å². The minimum absolute atomic E-state index is 0.316. The van der Waals surface area contributed by atoms with Gasteiger partial charge in [-0.2, -0.15) is 0 Å². The Bertz CT molecular complexity index is 233. The van der Waals surface area contributed by atoms with Crippen molar-refractivity contribution in [1.29, 1.82) is 0 Å². The minimum atomic E-state index is -1.24. The summed E-state index contributed by atoms with van der Waals surface area (Å²) in [7, 11) is -1.24. The van der Waals surface area contributed by atoms with E-state index in [1.54, 1.807) is 0 Å². The van der Waals surface area contributed by atoms with Crippen LogP contribution in [0.4, 0.5) is 0 Å². The summed E-state index contributed by atoms with van der Waals surface area (Å²) in [6.07, 6.45) is 2.51. The summed E-state index contributed by atoms with van der Waals surface area (Å²) in [5.74, 6) is 0. The molecule has 0 bridgehead atoms. The van der Waals surface area contributed by atoms with Crippen LogP contribution in [0.25, 0.3) is 0 Å². The minimum Gasteiger partial charge on any atom is -0.314 e. The molecule has 2 unspecified atom stereocenters. The lowest BCUT2D eigenvalue weighted by Crippen LogP contribution is -2.72. The maximum Gasteiger partial charge on any atom is 0.120 e. The van der Waals surface area contributed by atoms with E-state index in [2.05, 4.69) is 57.2 Å². The molecule has 1 N–H and O–H groups in total. The first-order chi connectivity index (χ1) is 7.24. The molecule has 16 heavy (non-hydrogen) atoms. The van der Waals surface area contributed by atoms with Gasteiger partial charge in [0.05, 0.1) is 0 Å². The molecule has 2 nitrogen and oxygen atoms in total. The Labute approximate surface area is 103 Å². The van der Waals surface area contributed by atoms with Gasteiger partial charge < -0.3 is 9.88 Å². The van der Waals surface area contributed by atoms with Crippen LogP contribution in [0, 0.1) is 0 Å². The maximum atomic E-state index is 3.74. The van der Waals surface area contributed by atoms with Crippen LogP contribution in [0.2, 0.25) is 19.6 Å². The molecule has 96 valence electrons. The van der Waals surface area contributed by atoms with Crippen LogP contribution in [-0.4, -0.2) is 37.0 Å². The van der Waals surface area contributed by atoms with E-state index in [9.17, 15) is 0 Å². The van der Waals surface area contributed by atoms with Crippen molar-refractivity contribution in [3.8, 4) is 0 Å². The van der Waals surface area contributed by atoms with Gasteiger partial charge in [-0.1, -0.05) is 33.5 Å². The number of nitrogens with zero attached hydrogens (tertiary/aromatic N) is 1. The first-order valence-electron chi connectivity index (χ1n) is 6.77. The van der Waals surface area contributed by atoms with Gasteiger partial charge >= 0.3 is 0 Å². The Morgan fingerprint density at radius 3 is 2.12 bits per heavy atom. The average molecular weight is 242 g/mol. The van der Waals surface area contributed by atoms with Gasteiger partial charge in [0.2, 0.25) is 0 Å². The fourth-order valence-corrected chi connectivity index (χ4v) is 6.77. The van der Waals surface area contributed by atoms with E-state index in [1.165, 1.54) is 12.8 Å². The summed E-state index contributed by atoms with van der Waals surface area (Å²) in [6.45, 7) is 18.0. The second kappa shape index (κ2) is 4.79. The Morgan fingerprint density at radius 2 is 1.75 bits per heavy atom. The smallest absolute Gasteiger partial charge is 0.120 e. The third kappa shape index (κ3) is 2.69. The Hall–Kier alpha value is 0.137. The van der Waals surface area contributed by atoms with Gasteiger partial charge in [-0.25, -0.2) is 0 Å². The highest BCUT2D eigenvalue weighted by molar-refractivity contribution is 6.73. The third-order valence-electron chi connectivity index (χ3n) is 3.83. The molecule has 0 amide bonds. The largest absolute Gasteiger partial charge is 0.314 e. The van der Waals surface area contributed by atoms with Gasteiger partial charge in [0.25, 0.3) is 0 Å². The SMILES string of the molecule is CCC1NCC(C)(C)N([Si](C)(C)C)C1CC. The van der Waals surface area contributed by atoms with E-state index >= 15 is 0 Å². The van der Waals surface area contributed by atoms with E-state index in [0.29, 0.717) is 11.6 Å². The Kier molecular flexibility index (Phi) is 4.25. The van der Waals surface area contributed by atoms with Crippen LogP contribution >= 0.6 is 0 Å². The van der Waals surface area contributed by atoms with Gasteiger partial charge in [0.1, 0.15) is 8.24 Å². The van der Waals surface area contributed by atoms with Crippen molar-refractivity contribution in [2.24, 2.45) is 0 Å². The van der Waals surface area contributed by atoms with Gasteiger partial charge in [-0.15, -0.1) is 0 Å². The molecule has 0 aromatic heterocycles. The zero-order valence-corrected chi connectivity index (χ0v) is 13.2. The molecule has 3 heteroatoms. The zero-order valence-electron chi connectivity index (χ0n) is 12.2. The van der Waals surface area contributed by atoms with Crippen LogP contribution in [0.1, 0.15) is 40.5 Å². The molecule has 1 heterocycles. The zero-order chi connectivity index (χ0) is 12.6. The number of hydrogen-bond donors (Lipinski definition) is 1. The number of rotatable bonds is 3. The summed E-state index contributed by atoms with van der Waals surface area (Å²) >= 11 is 0. The summed E-state index contributed by atoms with van der Waals surface area (Å²) < 4.78 is 2.87. The topological polar surface area (TPSA) is 15.3 Å². The standard InChI is InChI=1S/C13H30N2Si/c1-8-11-12(9-2)15(16(5,6)7)13(3,4)10-14-11/h11-12,14H,8-10H2,1-7H3. The van der Waals surface area contributed by atoms with Gasteiger partial charge in [-0.05, 0) is 26.7 Å². The van der Waals surface area contributed by atoms with Crippen molar-refractivity contribution < 1.29 is 0 Å². The van der Waals surface area contributed by atoms with E-state index in [0.717, 1.165) is 12.6 Å². The van der Waals surface area contributed by atoms with Gasteiger partial charge in [0.15, 0.2) is 0 Å². The van der Waals surface area contributed by atoms with Crippen molar-refractivity contribution in [3.05, 3.63) is 0 Å². The first-order valence-corrected chi connectivity index (χ1v) is 10.2. The van der Waals surface area contributed by atoms with Crippen molar-refractivity contribution in [2.75, 3.05) is 6.54 Å². The van der Waals surface area contributed by atoms with Crippen molar-refractivity contribution in [3.63, 3.8) is 0 Å². The molecule has 2 atom stereocenters. The molecule has 1 aliphatic heterocycles. The van der Waals surface area contributed by atoms with Gasteiger partial charge in [-0.3, -0.25) is 0 Å². The van der Waals surface area contributed by atoms with Crippen LogP contribution < -0.4 is 5.32 Å². The van der Waals surface area contributed by atoms with E-state index < -0.39 is 8.24 Å². The van der Waals surface area contributed by atoms with Crippen LogP contribution in [0.15, 0.2) is 0 Å². The summed E-state index contributed by atoms with van der Waals surface area (Å²) in [4.78, 5) is 0. The predicted octanol–water partition coefficient (Wildman–Crippen LogP) is 3.06. The fourth-order valence-electron chi connectivity index (χ4n) is 3.52. The molecule has 1 rings (SSSR count). The summed E-state index contributed by atoms with van der Waals surface area (Å²) in [6, 6.07) is 1.41. The van der Waals surface area contributed by atoms with E-state index in [4.69, 9.17) is 0 Å². The third-order valence-corrected chi connectivity index (χ3v) is 6.21. The molecule has 0 spiro atoms. The second-order valence-electron chi connectivity index (χ2n) is 6.72. The molecule has 1 saturated heterocycles. The second-order valence-corrected chi connectivity index (χ2v) is 11.5. The molecule has 0 aromatic rings. The first kappa shape index (κ1) is 14.2. The highest BCUT2D eigenvalue weighted by Gasteiger charge is 2.45. The maximum absolute atomic E-state index is 3.74. The highest BCUT2D eigenvalue weighted by atomic mass is 28.3. The lowest BCUT2D eigenvalue weighted by atomic mass is 9.92. The average Bonchev–Trinajstić information content (AvgIpc) is 2.13. The molecule has 1 aliphatic rings. The lowest BCUT2D eigenvalue weighted by molar-refractivity contribution is 0.0765. The fraction of sp³-hybridized carbons (Fsp3) is 1.00. The van der Waals surface area contributed by atoms with E-state index in [-0.39, 0.29) is 0 Å². The Balaban J connectivity index is 3.02. The van der Waals surface area contributed by atoms with Crippen molar-refractivity contribution >= 4 is 8.24 Å². The van der Waals surface area contributed by atoms with Crippen molar-refractivity contribution in [2.45, 2.75) is 77.8 Å². The molecular formula is C13H30N2Si.